The molecule has 4 aromatic carbocycles. The van der Waals surface area contributed by atoms with Gasteiger partial charge in [-0.1, -0.05) is 53.0 Å². The van der Waals surface area contributed by atoms with Crippen LogP contribution >= 0.6 is 34.8 Å². The molecule has 0 heterocycles. The Kier molecular flexibility index (Phi) is 6.06. The van der Waals surface area contributed by atoms with Crippen molar-refractivity contribution in [3.8, 4) is 45.3 Å². The smallest absolute Gasteiger partial charge is 0.142 e. The van der Waals surface area contributed by atoms with Crippen LogP contribution in [0.15, 0.2) is 60.7 Å². The van der Waals surface area contributed by atoms with Crippen LogP contribution in [-0.2, 0) is 12.8 Å². The molecule has 7 heteroatoms. The first-order chi connectivity index (χ1) is 16.7. The van der Waals surface area contributed by atoms with Gasteiger partial charge in [-0.25, -0.2) is 0 Å². The van der Waals surface area contributed by atoms with E-state index in [1.54, 1.807) is 66.7 Å². The monoisotopic (exact) mass is 524 g/mol. The number of benzene rings is 4. The Labute approximate surface area is 216 Å². The van der Waals surface area contributed by atoms with Gasteiger partial charge in [0.1, 0.15) is 23.0 Å². The second kappa shape index (κ2) is 9.04. The number of aryl methyl sites for hydroxylation is 2. The zero-order valence-corrected chi connectivity index (χ0v) is 20.5. The summed E-state index contributed by atoms with van der Waals surface area (Å²) in [6, 6.07) is 16.7. The first kappa shape index (κ1) is 23.4. The second-order valence-electron chi connectivity index (χ2n) is 8.44. The summed E-state index contributed by atoms with van der Waals surface area (Å²) in [6.45, 7) is 0. The number of halogens is 3. The van der Waals surface area contributed by atoms with Gasteiger partial charge in [0.15, 0.2) is 0 Å². The van der Waals surface area contributed by atoms with E-state index in [2.05, 4.69) is 0 Å². The number of phenols is 4. The zero-order valence-electron chi connectivity index (χ0n) is 18.2. The summed E-state index contributed by atoms with van der Waals surface area (Å²) >= 11 is 19.1. The second-order valence-corrected chi connectivity index (χ2v) is 9.66. The summed E-state index contributed by atoms with van der Waals surface area (Å²) in [5, 5.41) is 43.0. The lowest BCUT2D eigenvalue weighted by atomic mass is 9.92. The van der Waals surface area contributed by atoms with Gasteiger partial charge in [0.25, 0.3) is 0 Å². The number of hydrogen-bond acceptors (Lipinski definition) is 4. The van der Waals surface area contributed by atoms with Gasteiger partial charge in [-0.15, -0.1) is 0 Å². The molecule has 6 bridgehead atoms. The molecule has 6 rings (SSSR count). The molecule has 0 aromatic heterocycles. The van der Waals surface area contributed by atoms with Crippen LogP contribution in [0.25, 0.3) is 33.4 Å². The molecule has 2 aliphatic carbocycles. The number of hydrogen-bond donors (Lipinski definition) is 4. The molecule has 0 unspecified atom stereocenters. The summed E-state index contributed by atoms with van der Waals surface area (Å²) < 4.78 is 0. The first-order valence-corrected chi connectivity index (χ1v) is 11.9. The molecule has 0 saturated carbocycles. The Balaban J connectivity index is 1.79. The van der Waals surface area contributed by atoms with Gasteiger partial charge in [0, 0.05) is 21.7 Å². The first-order valence-electron chi connectivity index (χ1n) is 10.8. The lowest BCUT2D eigenvalue weighted by molar-refractivity contribution is 0.469. The van der Waals surface area contributed by atoms with Crippen molar-refractivity contribution in [2.75, 3.05) is 0 Å². The van der Waals surface area contributed by atoms with E-state index in [0.29, 0.717) is 51.3 Å². The maximum atomic E-state index is 10.9. The standard InChI is InChI=1S/C28H19Cl3O4/c29-22-9-15-8-21(28(35)24(31)10-15)20-7-14(2-6-25(20)32)1-3-16-11-27(34)23(30)13-19(16)18-5-4-17(22)12-26(18)33/h2,4-13,32-35H,1,3H2/b22-9+. The largest absolute Gasteiger partial charge is 0.507 e. The Morgan fingerprint density at radius 1 is 0.571 bits per heavy atom. The molecule has 0 aliphatic heterocycles. The summed E-state index contributed by atoms with van der Waals surface area (Å²) in [6.07, 6.45) is 2.74. The molecule has 4 nitrogen and oxygen atoms in total. The van der Waals surface area contributed by atoms with Gasteiger partial charge in [-0.3, -0.25) is 0 Å². The Morgan fingerprint density at radius 3 is 2.14 bits per heavy atom. The molecule has 35 heavy (non-hydrogen) atoms. The quantitative estimate of drug-likeness (QED) is 0.188. The van der Waals surface area contributed by atoms with Crippen molar-refractivity contribution in [2.24, 2.45) is 0 Å². The summed E-state index contributed by atoms with van der Waals surface area (Å²) in [5.41, 5.74) is 4.90. The van der Waals surface area contributed by atoms with Crippen molar-refractivity contribution in [3.05, 3.63) is 93.0 Å². The minimum Gasteiger partial charge on any atom is -0.507 e. The van der Waals surface area contributed by atoms with Gasteiger partial charge in [-0.05, 0) is 89.2 Å². The van der Waals surface area contributed by atoms with Crippen LogP contribution in [0.3, 0.4) is 0 Å². The van der Waals surface area contributed by atoms with Crippen LogP contribution in [0.5, 0.6) is 23.0 Å². The maximum absolute atomic E-state index is 10.9. The molecular formula is C28H19Cl3O4. The van der Waals surface area contributed by atoms with Crippen LogP contribution in [-0.4, -0.2) is 20.4 Å². The fraction of sp³-hybridized carbons (Fsp3) is 0.0714. The van der Waals surface area contributed by atoms with Gasteiger partial charge in [0.2, 0.25) is 0 Å². The average molecular weight is 526 g/mol. The third kappa shape index (κ3) is 4.41. The third-order valence-corrected chi connectivity index (χ3v) is 7.07. The van der Waals surface area contributed by atoms with Crippen LogP contribution < -0.4 is 0 Å². The normalized spacial score (nSPS) is 14.3. The number of phenolic OH excluding ortho intramolecular Hbond substituents is 4. The topological polar surface area (TPSA) is 80.9 Å². The van der Waals surface area contributed by atoms with E-state index in [9.17, 15) is 20.4 Å². The number of aromatic hydroxyl groups is 4. The zero-order chi connectivity index (χ0) is 24.9. The summed E-state index contributed by atoms with van der Waals surface area (Å²) in [5.74, 6) is -0.191. The Morgan fingerprint density at radius 2 is 1.37 bits per heavy atom. The van der Waals surface area contributed by atoms with E-state index in [1.165, 1.54) is 0 Å². The lowest BCUT2D eigenvalue weighted by Crippen LogP contribution is -1.97. The van der Waals surface area contributed by atoms with E-state index in [0.717, 1.165) is 11.1 Å². The molecule has 0 atom stereocenters. The van der Waals surface area contributed by atoms with Crippen molar-refractivity contribution < 1.29 is 20.4 Å². The number of fused-ring (bicyclic) bond motifs is 3. The van der Waals surface area contributed by atoms with Gasteiger partial charge in [0.05, 0.1) is 10.0 Å². The molecule has 0 radical (unpaired) electrons. The molecule has 2 aliphatic rings. The van der Waals surface area contributed by atoms with Crippen molar-refractivity contribution in [1.82, 2.24) is 0 Å². The van der Waals surface area contributed by atoms with Crippen molar-refractivity contribution >= 4 is 45.9 Å². The summed E-state index contributed by atoms with van der Waals surface area (Å²) in [4.78, 5) is 0. The third-order valence-electron chi connectivity index (χ3n) is 6.15. The van der Waals surface area contributed by atoms with Crippen molar-refractivity contribution in [2.45, 2.75) is 12.8 Å². The molecule has 4 N–H and O–H groups in total. The molecular weight excluding hydrogens is 507 g/mol. The highest BCUT2D eigenvalue weighted by Gasteiger charge is 2.18. The van der Waals surface area contributed by atoms with Gasteiger partial charge < -0.3 is 20.4 Å². The highest BCUT2D eigenvalue weighted by atomic mass is 35.5. The van der Waals surface area contributed by atoms with E-state index >= 15 is 0 Å². The SMILES string of the molecule is Oc1cc2c(cc1Cl)-c1ccc(cc1O)/C(Cl)=C\c1cc(Cl)c(O)c(c1)-c1cc(ccc1O)CC2. The predicted octanol–water partition coefficient (Wildman–Crippen LogP) is 7.99. The minimum atomic E-state index is -0.152. The molecule has 0 saturated heterocycles. The van der Waals surface area contributed by atoms with E-state index in [4.69, 9.17) is 34.8 Å². The van der Waals surface area contributed by atoms with Crippen molar-refractivity contribution in [3.63, 3.8) is 0 Å². The van der Waals surface area contributed by atoms with Crippen LogP contribution in [0, 0.1) is 0 Å². The molecule has 0 fully saturated rings. The van der Waals surface area contributed by atoms with Crippen LogP contribution in [0.2, 0.25) is 10.0 Å². The minimum absolute atomic E-state index is 0.00179. The van der Waals surface area contributed by atoms with E-state index in [1.807, 2.05) is 0 Å². The maximum Gasteiger partial charge on any atom is 0.142 e. The van der Waals surface area contributed by atoms with Crippen molar-refractivity contribution in [1.29, 1.82) is 0 Å². The predicted molar refractivity (Wildman–Crippen MR) is 142 cm³/mol. The van der Waals surface area contributed by atoms with E-state index in [-0.39, 0.29) is 33.0 Å². The van der Waals surface area contributed by atoms with Gasteiger partial charge >= 0.3 is 0 Å². The fourth-order valence-electron chi connectivity index (χ4n) is 4.34. The number of rotatable bonds is 0. The van der Waals surface area contributed by atoms with E-state index < -0.39 is 0 Å². The average Bonchev–Trinajstić information content (AvgIpc) is 2.82. The molecule has 4 aromatic rings. The Hall–Kier alpha value is -3.31. The van der Waals surface area contributed by atoms with Crippen LogP contribution in [0.1, 0.15) is 22.3 Å². The molecule has 176 valence electrons. The van der Waals surface area contributed by atoms with Gasteiger partial charge in [-0.2, -0.15) is 0 Å². The fourth-order valence-corrected chi connectivity index (χ4v) is 4.98. The van der Waals surface area contributed by atoms with Crippen LogP contribution in [0.4, 0.5) is 0 Å². The molecule has 0 amide bonds. The highest BCUT2D eigenvalue weighted by molar-refractivity contribution is 6.51. The molecule has 0 spiro atoms. The highest BCUT2D eigenvalue weighted by Crippen LogP contribution is 2.43. The Bertz CT molecular complexity index is 1530. The summed E-state index contributed by atoms with van der Waals surface area (Å²) in [7, 11) is 0. The lowest BCUT2D eigenvalue weighted by Gasteiger charge is -2.16.